The fourth-order valence-corrected chi connectivity index (χ4v) is 3.28. The van der Waals surface area contributed by atoms with Crippen LogP contribution in [0.2, 0.25) is 0 Å². The number of nitrogens with zero attached hydrogens (tertiary/aromatic N) is 1. The van der Waals surface area contributed by atoms with Gasteiger partial charge >= 0.3 is 0 Å². The Morgan fingerprint density at radius 3 is 2.44 bits per heavy atom. The number of benzene rings is 1. The number of carbonyl (C=O) groups excluding carboxylic acids is 2. The van der Waals surface area contributed by atoms with Gasteiger partial charge in [0.1, 0.15) is 11.8 Å². The first kappa shape index (κ1) is 19.2. The average Bonchev–Trinajstić information content (AvgIpc) is 2.99. The summed E-state index contributed by atoms with van der Waals surface area (Å²) < 4.78 is 5.10. The monoisotopic (exact) mass is 347 g/mol. The molecule has 1 fully saturated rings. The van der Waals surface area contributed by atoms with Crippen LogP contribution in [-0.2, 0) is 4.79 Å². The van der Waals surface area contributed by atoms with E-state index in [4.69, 9.17) is 10.5 Å². The van der Waals surface area contributed by atoms with Crippen LogP contribution in [0.15, 0.2) is 24.3 Å². The van der Waals surface area contributed by atoms with Gasteiger partial charge in [0.2, 0.25) is 5.91 Å². The second kappa shape index (κ2) is 8.34. The molecule has 1 aliphatic heterocycles. The largest absolute Gasteiger partial charge is 0.497 e. The van der Waals surface area contributed by atoms with Crippen LogP contribution in [0.5, 0.6) is 5.75 Å². The molecule has 0 aromatic heterocycles. The molecule has 0 bridgehead atoms. The lowest BCUT2D eigenvalue weighted by Gasteiger charge is -2.29. The standard InChI is InChI=1S/C19H29N3O3/c1-12(2)17(19(24)22-11-14(10-20)9-13(22)3)21-18(23)15-5-7-16(25-4)8-6-15/h5-8,12-14,17H,9-11,20H2,1-4H3,(H,21,23). The summed E-state index contributed by atoms with van der Waals surface area (Å²) in [6, 6.07) is 6.46. The number of rotatable bonds is 6. The molecule has 2 rings (SSSR count). The third kappa shape index (κ3) is 4.51. The minimum absolute atomic E-state index is 0.00109. The van der Waals surface area contributed by atoms with Gasteiger partial charge in [0, 0.05) is 18.2 Å². The summed E-state index contributed by atoms with van der Waals surface area (Å²) in [4.78, 5) is 27.4. The van der Waals surface area contributed by atoms with Crippen LogP contribution >= 0.6 is 0 Å². The smallest absolute Gasteiger partial charge is 0.251 e. The quantitative estimate of drug-likeness (QED) is 0.819. The molecule has 1 heterocycles. The Balaban J connectivity index is 2.09. The zero-order valence-electron chi connectivity index (χ0n) is 15.5. The molecular formula is C19H29N3O3. The van der Waals surface area contributed by atoms with Crippen molar-refractivity contribution in [1.29, 1.82) is 0 Å². The Kier molecular flexibility index (Phi) is 6.42. The van der Waals surface area contributed by atoms with E-state index in [9.17, 15) is 9.59 Å². The summed E-state index contributed by atoms with van der Waals surface area (Å²) in [6.45, 7) is 7.17. The maximum absolute atomic E-state index is 13.0. The Morgan fingerprint density at radius 1 is 1.32 bits per heavy atom. The fraction of sp³-hybridized carbons (Fsp3) is 0.579. The number of nitrogens with one attached hydrogen (secondary N) is 1. The highest BCUT2D eigenvalue weighted by Gasteiger charge is 2.36. The van der Waals surface area contributed by atoms with Crippen LogP contribution in [0, 0.1) is 11.8 Å². The van der Waals surface area contributed by atoms with E-state index in [0.29, 0.717) is 30.3 Å². The Hall–Kier alpha value is -2.08. The van der Waals surface area contributed by atoms with E-state index in [0.717, 1.165) is 6.42 Å². The van der Waals surface area contributed by atoms with Gasteiger partial charge in [-0.2, -0.15) is 0 Å². The number of methoxy groups -OCH3 is 1. The Labute approximate surface area is 149 Å². The Morgan fingerprint density at radius 2 is 1.96 bits per heavy atom. The Bertz CT molecular complexity index is 600. The van der Waals surface area contributed by atoms with Gasteiger partial charge in [0.15, 0.2) is 0 Å². The molecule has 138 valence electrons. The fourth-order valence-electron chi connectivity index (χ4n) is 3.28. The highest BCUT2D eigenvalue weighted by Crippen LogP contribution is 2.24. The first-order valence-corrected chi connectivity index (χ1v) is 8.82. The summed E-state index contributed by atoms with van der Waals surface area (Å²) in [5.41, 5.74) is 6.26. The number of hydrogen-bond donors (Lipinski definition) is 2. The molecule has 6 nitrogen and oxygen atoms in total. The molecule has 0 radical (unpaired) electrons. The zero-order valence-corrected chi connectivity index (χ0v) is 15.5. The van der Waals surface area contributed by atoms with Gasteiger partial charge in [-0.1, -0.05) is 13.8 Å². The average molecular weight is 347 g/mol. The van der Waals surface area contributed by atoms with Crippen LogP contribution in [0.25, 0.3) is 0 Å². The first-order valence-electron chi connectivity index (χ1n) is 8.82. The molecule has 3 unspecified atom stereocenters. The molecule has 0 aliphatic carbocycles. The summed E-state index contributed by atoms with van der Waals surface area (Å²) in [7, 11) is 1.58. The van der Waals surface area contributed by atoms with Crippen LogP contribution in [-0.4, -0.2) is 49.0 Å². The number of nitrogens with two attached hydrogens (primary N) is 1. The molecule has 1 saturated heterocycles. The van der Waals surface area contributed by atoms with Crippen molar-refractivity contribution in [2.24, 2.45) is 17.6 Å². The van der Waals surface area contributed by atoms with Crippen molar-refractivity contribution in [2.75, 3.05) is 20.2 Å². The second-order valence-corrected chi connectivity index (χ2v) is 7.10. The lowest BCUT2D eigenvalue weighted by molar-refractivity contribution is -0.135. The van der Waals surface area contributed by atoms with Crippen LogP contribution in [0.1, 0.15) is 37.6 Å². The van der Waals surface area contributed by atoms with Crippen LogP contribution in [0.3, 0.4) is 0 Å². The van der Waals surface area contributed by atoms with Gasteiger partial charge in [0.25, 0.3) is 5.91 Å². The minimum atomic E-state index is -0.548. The lowest BCUT2D eigenvalue weighted by Crippen LogP contribution is -2.52. The molecule has 0 saturated carbocycles. The van der Waals surface area contributed by atoms with Crippen molar-refractivity contribution in [1.82, 2.24) is 10.2 Å². The third-order valence-electron chi connectivity index (χ3n) is 4.85. The molecule has 3 N–H and O–H groups in total. The molecule has 1 aliphatic rings. The van der Waals surface area contributed by atoms with Gasteiger partial charge in [-0.3, -0.25) is 9.59 Å². The summed E-state index contributed by atoms with van der Waals surface area (Å²) in [5.74, 6) is 0.742. The minimum Gasteiger partial charge on any atom is -0.497 e. The van der Waals surface area contributed by atoms with E-state index in [1.165, 1.54) is 0 Å². The van der Waals surface area contributed by atoms with E-state index in [1.54, 1.807) is 31.4 Å². The molecule has 1 aromatic carbocycles. The predicted octanol–water partition coefficient (Wildman–Crippen LogP) is 1.65. The van der Waals surface area contributed by atoms with Crippen molar-refractivity contribution in [2.45, 2.75) is 39.3 Å². The highest BCUT2D eigenvalue weighted by molar-refractivity contribution is 5.97. The van der Waals surface area contributed by atoms with Gasteiger partial charge in [-0.15, -0.1) is 0 Å². The summed E-state index contributed by atoms with van der Waals surface area (Å²) >= 11 is 0. The van der Waals surface area contributed by atoms with Crippen molar-refractivity contribution >= 4 is 11.8 Å². The molecular weight excluding hydrogens is 318 g/mol. The van der Waals surface area contributed by atoms with Gasteiger partial charge in [0.05, 0.1) is 7.11 Å². The number of likely N-dealkylation sites (tertiary alicyclic amines) is 1. The van der Waals surface area contributed by atoms with Crippen LogP contribution in [0.4, 0.5) is 0 Å². The van der Waals surface area contributed by atoms with Crippen molar-refractivity contribution < 1.29 is 14.3 Å². The summed E-state index contributed by atoms with van der Waals surface area (Å²) in [5, 5.41) is 2.90. The van der Waals surface area contributed by atoms with E-state index in [2.05, 4.69) is 5.32 Å². The lowest BCUT2D eigenvalue weighted by atomic mass is 10.0. The number of ether oxygens (including phenoxy) is 1. The second-order valence-electron chi connectivity index (χ2n) is 7.10. The number of hydrogen-bond acceptors (Lipinski definition) is 4. The van der Waals surface area contributed by atoms with Crippen molar-refractivity contribution in [3.05, 3.63) is 29.8 Å². The molecule has 0 spiro atoms. The summed E-state index contributed by atoms with van der Waals surface area (Å²) in [6.07, 6.45) is 0.916. The zero-order chi connectivity index (χ0) is 18.6. The van der Waals surface area contributed by atoms with Gasteiger partial charge < -0.3 is 20.7 Å². The molecule has 3 atom stereocenters. The maximum atomic E-state index is 13.0. The molecule has 1 aromatic rings. The predicted molar refractivity (Wildman–Crippen MR) is 97.4 cm³/mol. The van der Waals surface area contributed by atoms with E-state index >= 15 is 0 Å². The first-order chi connectivity index (χ1) is 11.9. The van der Waals surface area contributed by atoms with Crippen molar-refractivity contribution in [3.8, 4) is 5.75 Å². The topological polar surface area (TPSA) is 84.7 Å². The van der Waals surface area contributed by atoms with Crippen molar-refractivity contribution in [3.63, 3.8) is 0 Å². The number of amides is 2. The van der Waals surface area contributed by atoms with E-state index in [1.807, 2.05) is 25.7 Å². The maximum Gasteiger partial charge on any atom is 0.251 e. The SMILES string of the molecule is COc1ccc(C(=O)NC(C(=O)N2CC(CN)CC2C)C(C)C)cc1. The van der Waals surface area contributed by atoms with E-state index in [-0.39, 0.29) is 23.8 Å². The van der Waals surface area contributed by atoms with Crippen LogP contribution < -0.4 is 15.8 Å². The molecule has 6 heteroatoms. The molecule has 2 amide bonds. The van der Waals surface area contributed by atoms with Gasteiger partial charge in [-0.25, -0.2) is 0 Å². The molecule has 25 heavy (non-hydrogen) atoms. The third-order valence-corrected chi connectivity index (χ3v) is 4.85. The van der Waals surface area contributed by atoms with Gasteiger partial charge in [-0.05, 0) is 56.0 Å². The highest BCUT2D eigenvalue weighted by atomic mass is 16.5. The normalized spacial score (nSPS) is 21.3. The number of carbonyl (C=O) groups is 2. The van der Waals surface area contributed by atoms with E-state index < -0.39 is 6.04 Å².